The van der Waals surface area contributed by atoms with E-state index in [1.807, 2.05) is 18.2 Å². The number of aromatic hydroxyl groups is 2. The molecule has 33 heavy (non-hydrogen) atoms. The maximum absolute atomic E-state index is 10.1. The number of phenolic OH excluding ortho intramolecular Hbond substituents is 2. The summed E-state index contributed by atoms with van der Waals surface area (Å²) in [7, 11) is 0. The van der Waals surface area contributed by atoms with Crippen molar-refractivity contribution >= 4 is 12.4 Å². The number of rotatable bonds is 16. The molecule has 0 atom stereocenters. The lowest BCUT2D eigenvalue weighted by molar-refractivity contribution is 0.304. The van der Waals surface area contributed by atoms with Crippen molar-refractivity contribution in [3.05, 3.63) is 53.1 Å². The fourth-order valence-corrected chi connectivity index (χ4v) is 3.50. The van der Waals surface area contributed by atoms with Gasteiger partial charge in [-0.1, -0.05) is 58.4 Å². The number of phenols is 2. The average molecular weight is 453 g/mol. The van der Waals surface area contributed by atoms with Gasteiger partial charge in [0.1, 0.15) is 17.2 Å². The normalized spacial score (nSPS) is 11.6. The van der Waals surface area contributed by atoms with E-state index < -0.39 is 0 Å². The molecule has 0 saturated carbocycles. The van der Waals surface area contributed by atoms with Crippen molar-refractivity contribution in [2.75, 3.05) is 19.7 Å². The standard InChI is InChI=1S/C28H40N2O3/c1-3-5-7-8-10-18-33-26-13-15-28(32)25(20-26)22-30-17-16-29-21-24-19-23(11-9-6-4-2)12-14-27(24)31/h12-15,19-22,31-32H,3-11,16-18H2,1-2H3. The second-order valence-corrected chi connectivity index (χ2v) is 8.40. The third-order valence-corrected chi connectivity index (χ3v) is 5.50. The maximum Gasteiger partial charge on any atom is 0.124 e. The van der Waals surface area contributed by atoms with Crippen molar-refractivity contribution in [3.63, 3.8) is 0 Å². The Labute approximate surface area is 199 Å². The molecule has 2 rings (SSSR count). The number of aliphatic imine (C=N–C) groups is 2. The first-order valence-corrected chi connectivity index (χ1v) is 12.4. The summed E-state index contributed by atoms with van der Waals surface area (Å²) in [6.07, 6.45) is 13.9. The highest BCUT2D eigenvalue weighted by atomic mass is 16.5. The molecule has 0 amide bonds. The summed E-state index contributed by atoms with van der Waals surface area (Å²) in [5.74, 6) is 1.17. The number of hydrogen-bond donors (Lipinski definition) is 2. The predicted molar refractivity (Wildman–Crippen MR) is 139 cm³/mol. The van der Waals surface area contributed by atoms with Gasteiger partial charge < -0.3 is 14.9 Å². The second-order valence-electron chi connectivity index (χ2n) is 8.40. The van der Waals surface area contributed by atoms with Crippen molar-refractivity contribution in [1.82, 2.24) is 0 Å². The van der Waals surface area contributed by atoms with Crippen LogP contribution in [-0.4, -0.2) is 42.3 Å². The zero-order valence-electron chi connectivity index (χ0n) is 20.3. The van der Waals surface area contributed by atoms with Crippen molar-refractivity contribution < 1.29 is 14.9 Å². The quantitative estimate of drug-likeness (QED) is 0.219. The highest BCUT2D eigenvalue weighted by molar-refractivity contribution is 5.84. The highest BCUT2D eigenvalue weighted by Gasteiger charge is 2.03. The smallest absolute Gasteiger partial charge is 0.124 e. The Morgan fingerprint density at radius 3 is 2.03 bits per heavy atom. The number of hydrogen-bond acceptors (Lipinski definition) is 5. The van der Waals surface area contributed by atoms with Crippen molar-refractivity contribution in [1.29, 1.82) is 0 Å². The highest BCUT2D eigenvalue weighted by Crippen LogP contribution is 2.22. The molecule has 0 aliphatic carbocycles. The molecule has 0 aliphatic heterocycles. The van der Waals surface area contributed by atoms with Crippen LogP contribution in [-0.2, 0) is 6.42 Å². The molecule has 2 aromatic rings. The molecule has 2 N–H and O–H groups in total. The molecule has 0 aromatic heterocycles. The van der Waals surface area contributed by atoms with Crippen LogP contribution in [0.5, 0.6) is 17.2 Å². The van der Waals surface area contributed by atoms with Crippen LogP contribution in [0.15, 0.2) is 46.4 Å². The molecular weight excluding hydrogens is 412 g/mol. The number of benzene rings is 2. The Hall–Kier alpha value is -2.82. The summed E-state index contributed by atoms with van der Waals surface area (Å²) in [5, 5.41) is 20.2. The van der Waals surface area contributed by atoms with Crippen LogP contribution < -0.4 is 4.74 Å². The third-order valence-electron chi connectivity index (χ3n) is 5.50. The Morgan fingerprint density at radius 2 is 1.33 bits per heavy atom. The van der Waals surface area contributed by atoms with Gasteiger partial charge in [-0.2, -0.15) is 0 Å². The summed E-state index contributed by atoms with van der Waals surface area (Å²) >= 11 is 0. The van der Waals surface area contributed by atoms with E-state index in [0.29, 0.717) is 25.3 Å². The molecule has 0 saturated heterocycles. The lowest BCUT2D eigenvalue weighted by Gasteiger charge is -2.08. The number of ether oxygens (including phenoxy) is 1. The Morgan fingerprint density at radius 1 is 0.727 bits per heavy atom. The summed E-state index contributed by atoms with van der Waals surface area (Å²) in [4.78, 5) is 8.77. The van der Waals surface area contributed by atoms with Gasteiger partial charge in [0.2, 0.25) is 0 Å². The summed E-state index contributed by atoms with van der Waals surface area (Å²) in [6, 6.07) is 11.0. The molecule has 0 bridgehead atoms. The van der Waals surface area contributed by atoms with E-state index in [9.17, 15) is 10.2 Å². The van der Waals surface area contributed by atoms with Gasteiger partial charge in [-0.25, -0.2) is 0 Å². The van der Waals surface area contributed by atoms with E-state index >= 15 is 0 Å². The SMILES string of the molecule is CCCCCCCOc1ccc(O)c(C=NCCN=Cc2cc(CCCCC)ccc2O)c1. The van der Waals surface area contributed by atoms with Crippen molar-refractivity contribution in [2.45, 2.75) is 71.6 Å². The summed E-state index contributed by atoms with van der Waals surface area (Å²) in [5.41, 5.74) is 2.60. The van der Waals surface area contributed by atoms with Crippen LogP contribution >= 0.6 is 0 Å². The van der Waals surface area contributed by atoms with Crippen LogP contribution in [0.2, 0.25) is 0 Å². The molecule has 180 valence electrons. The minimum Gasteiger partial charge on any atom is -0.507 e. The van der Waals surface area contributed by atoms with Gasteiger partial charge in [0.05, 0.1) is 19.7 Å². The number of unbranched alkanes of at least 4 members (excludes halogenated alkanes) is 6. The largest absolute Gasteiger partial charge is 0.507 e. The minimum atomic E-state index is 0.183. The molecule has 0 unspecified atom stereocenters. The molecule has 0 spiro atoms. The minimum absolute atomic E-state index is 0.183. The van der Waals surface area contributed by atoms with Gasteiger partial charge in [-0.15, -0.1) is 0 Å². The summed E-state index contributed by atoms with van der Waals surface area (Å²) < 4.78 is 5.81. The molecule has 0 heterocycles. The third kappa shape index (κ3) is 10.6. The van der Waals surface area contributed by atoms with Gasteiger partial charge in [0, 0.05) is 23.6 Å². The average Bonchev–Trinajstić information content (AvgIpc) is 2.82. The molecule has 5 nitrogen and oxygen atoms in total. The Kier molecular flexibility index (Phi) is 12.7. The van der Waals surface area contributed by atoms with Crippen molar-refractivity contribution in [3.8, 4) is 17.2 Å². The van der Waals surface area contributed by atoms with E-state index in [4.69, 9.17) is 4.74 Å². The molecular formula is C28H40N2O3. The molecule has 2 aromatic carbocycles. The lowest BCUT2D eigenvalue weighted by Crippen LogP contribution is -1.98. The Bertz CT molecular complexity index is 877. The van der Waals surface area contributed by atoms with Crippen molar-refractivity contribution in [2.24, 2.45) is 9.98 Å². The zero-order chi connectivity index (χ0) is 23.7. The topological polar surface area (TPSA) is 74.4 Å². The van der Waals surface area contributed by atoms with Crippen LogP contribution in [0.3, 0.4) is 0 Å². The first-order valence-electron chi connectivity index (χ1n) is 12.4. The summed E-state index contributed by atoms with van der Waals surface area (Å²) in [6.45, 7) is 6.09. The van der Waals surface area contributed by atoms with Gasteiger partial charge >= 0.3 is 0 Å². The second kappa shape index (κ2) is 15.9. The van der Waals surface area contributed by atoms with Crippen LogP contribution in [0.1, 0.15) is 81.9 Å². The predicted octanol–water partition coefficient (Wildman–Crippen LogP) is 6.72. The van der Waals surface area contributed by atoms with E-state index in [1.54, 1.807) is 30.6 Å². The fourth-order valence-electron chi connectivity index (χ4n) is 3.50. The van der Waals surface area contributed by atoms with Gasteiger partial charge in [-0.05, 0) is 55.2 Å². The number of aryl methyl sites for hydroxylation is 1. The van der Waals surface area contributed by atoms with Crippen LogP contribution in [0.25, 0.3) is 0 Å². The van der Waals surface area contributed by atoms with Crippen LogP contribution in [0, 0.1) is 0 Å². The molecule has 0 aliphatic rings. The molecule has 0 radical (unpaired) electrons. The van der Waals surface area contributed by atoms with Gasteiger partial charge in [-0.3, -0.25) is 9.98 Å². The van der Waals surface area contributed by atoms with E-state index in [-0.39, 0.29) is 11.5 Å². The van der Waals surface area contributed by atoms with E-state index in [2.05, 4.69) is 23.8 Å². The van der Waals surface area contributed by atoms with Gasteiger partial charge in [0.25, 0.3) is 0 Å². The molecule has 0 fully saturated rings. The van der Waals surface area contributed by atoms with Gasteiger partial charge in [0.15, 0.2) is 0 Å². The molecule has 5 heteroatoms. The Balaban J connectivity index is 1.79. The van der Waals surface area contributed by atoms with E-state index in [1.165, 1.54) is 44.1 Å². The lowest BCUT2D eigenvalue weighted by atomic mass is 10.0. The van der Waals surface area contributed by atoms with E-state index in [0.717, 1.165) is 30.6 Å². The first kappa shape index (κ1) is 26.4. The first-order chi connectivity index (χ1) is 16.1. The fraction of sp³-hybridized carbons (Fsp3) is 0.500. The van der Waals surface area contributed by atoms with Crippen LogP contribution in [0.4, 0.5) is 0 Å². The zero-order valence-corrected chi connectivity index (χ0v) is 20.3. The monoisotopic (exact) mass is 452 g/mol. The number of nitrogens with zero attached hydrogens (tertiary/aromatic N) is 2. The maximum atomic E-state index is 10.1.